The number of carbonyl (C=O) groups excluding carboxylic acids is 1. The Morgan fingerprint density at radius 3 is 2.82 bits per heavy atom. The Bertz CT molecular complexity index is 383. The Balaban J connectivity index is 1.96. The predicted octanol–water partition coefficient (Wildman–Crippen LogP) is -0.585. The summed E-state index contributed by atoms with van der Waals surface area (Å²) in [7, 11) is 1.74. The molecule has 5 nitrogen and oxygen atoms in total. The van der Waals surface area contributed by atoms with Gasteiger partial charge in [-0.3, -0.25) is 9.78 Å². The van der Waals surface area contributed by atoms with Crippen molar-refractivity contribution < 1.29 is 9.90 Å². The Morgan fingerprint density at radius 1 is 1.53 bits per heavy atom. The third kappa shape index (κ3) is 2.81. The van der Waals surface area contributed by atoms with E-state index in [-0.39, 0.29) is 11.9 Å². The van der Waals surface area contributed by atoms with Crippen molar-refractivity contribution in [2.45, 2.75) is 18.6 Å². The molecule has 0 aromatic carbocycles. The molecule has 17 heavy (non-hydrogen) atoms. The van der Waals surface area contributed by atoms with Crippen molar-refractivity contribution >= 4 is 5.91 Å². The topological polar surface area (TPSA) is 65.5 Å². The predicted molar refractivity (Wildman–Crippen MR) is 63.4 cm³/mol. The van der Waals surface area contributed by atoms with Crippen molar-refractivity contribution in [3.63, 3.8) is 0 Å². The van der Waals surface area contributed by atoms with E-state index in [2.05, 4.69) is 10.3 Å². The van der Waals surface area contributed by atoms with Crippen LogP contribution in [0.3, 0.4) is 0 Å². The van der Waals surface area contributed by atoms with Gasteiger partial charge in [0.1, 0.15) is 0 Å². The van der Waals surface area contributed by atoms with Gasteiger partial charge in [0, 0.05) is 32.5 Å². The summed E-state index contributed by atoms with van der Waals surface area (Å²) in [6, 6.07) is 3.54. The molecule has 2 N–H and O–H groups in total. The lowest BCUT2D eigenvalue weighted by atomic mass is 10.1. The fourth-order valence-electron chi connectivity index (χ4n) is 2.03. The standard InChI is InChI=1S/C12H17N3O2/c1-15(10-7-14-8-11(10)16)12(17)6-9-2-4-13-5-3-9/h2-5,10-11,14,16H,6-8H2,1H3/t10-,11-/m1/s1. The Kier molecular flexibility index (Phi) is 3.71. The zero-order valence-electron chi connectivity index (χ0n) is 9.84. The van der Waals surface area contributed by atoms with Gasteiger partial charge in [-0.1, -0.05) is 0 Å². The van der Waals surface area contributed by atoms with Gasteiger partial charge in [0.25, 0.3) is 0 Å². The quantitative estimate of drug-likeness (QED) is 0.735. The second-order valence-corrected chi connectivity index (χ2v) is 4.33. The molecule has 0 spiro atoms. The molecule has 1 fully saturated rings. The average Bonchev–Trinajstić information content (AvgIpc) is 2.76. The Morgan fingerprint density at radius 2 is 2.24 bits per heavy atom. The second kappa shape index (κ2) is 5.25. The molecule has 92 valence electrons. The van der Waals surface area contributed by atoms with Crippen LogP contribution in [0.2, 0.25) is 0 Å². The van der Waals surface area contributed by atoms with Crippen LogP contribution in [0.15, 0.2) is 24.5 Å². The first kappa shape index (κ1) is 12.0. The van der Waals surface area contributed by atoms with E-state index in [4.69, 9.17) is 0 Å². The lowest BCUT2D eigenvalue weighted by Crippen LogP contribution is -2.44. The largest absolute Gasteiger partial charge is 0.390 e. The van der Waals surface area contributed by atoms with E-state index < -0.39 is 6.10 Å². The van der Waals surface area contributed by atoms with Crippen LogP contribution in [0.4, 0.5) is 0 Å². The Hall–Kier alpha value is -1.46. The number of amides is 1. The number of β-amino-alcohol motifs (C(OH)–C–C–N with tert-alkyl or cyclic N) is 1. The summed E-state index contributed by atoms with van der Waals surface area (Å²) >= 11 is 0. The van der Waals surface area contributed by atoms with Gasteiger partial charge in [-0.15, -0.1) is 0 Å². The molecule has 1 amide bonds. The maximum atomic E-state index is 12.0. The Labute approximate surface area is 100 Å². The number of hydrogen-bond donors (Lipinski definition) is 2. The van der Waals surface area contributed by atoms with Gasteiger partial charge in [0.05, 0.1) is 18.6 Å². The first-order valence-corrected chi connectivity index (χ1v) is 5.72. The smallest absolute Gasteiger partial charge is 0.227 e. The maximum Gasteiger partial charge on any atom is 0.227 e. The molecular weight excluding hydrogens is 218 g/mol. The number of rotatable bonds is 3. The highest BCUT2D eigenvalue weighted by molar-refractivity contribution is 5.78. The highest BCUT2D eigenvalue weighted by Crippen LogP contribution is 2.09. The van der Waals surface area contributed by atoms with Crippen LogP contribution < -0.4 is 5.32 Å². The van der Waals surface area contributed by atoms with E-state index in [1.807, 2.05) is 12.1 Å². The van der Waals surface area contributed by atoms with Gasteiger partial charge in [-0.2, -0.15) is 0 Å². The first-order valence-electron chi connectivity index (χ1n) is 5.72. The minimum atomic E-state index is -0.471. The van der Waals surface area contributed by atoms with Crippen molar-refractivity contribution in [3.8, 4) is 0 Å². The van der Waals surface area contributed by atoms with Gasteiger partial charge < -0.3 is 15.3 Å². The number of nitrogens with zero attached hydrogens (tertiary/aromatic N) is 2. The molecule has 2 rings (SSSR count). The molecule has 1 aliphatic heterocycles. The van der Waals surface area contributed by atoms with Crippen molar-refractivity contribution in [1.29, 1.82) is 0 Å². The summed E-state index contributed by atoms with van der Waals surface area (Å²) in [5.74, 6) is 0.0175. The normalized spacial score (nSPS) is 23.6. The van der Waals surface area contributed by atoms with Crippen molar-refractivity contribution in [2.24, 2.45) is 0 Å². The van der Waals surface area contributed by atoms with Gasteiger partial charge >= 0.3 is 0 Å². The molecule has 0 aliphatic carbocycles. The molecule has 0 unspecified atom stereocenters. The molecule has 1 aromatic heterocycles. The summed E-state index contributed by atoms with van der Waals surface area (Å²) in [4.78, 5) is 17.6. The van der Waals surface area contributed by atoms with Crippen LogP contribution in [0.25, 0.3) is 0 Å². The van der Waals surface area contributed by atoms with Crippen molar-refractivity contribution in [1.82, 2.24) is 15.2 Å². The van der Waals surface area contributed by atoms with Crippen molar-refractivity contribution in [2.75, 3.05) is 20.1 Å². The lowest BCUT2D eigenvalue weighted by molar-refractivity contribution is -0.132. The molecule has 1 aromatic rings. The molecule has 1 aliphatic rings. The fraction of sp³-hybridized carbons (Fsp3) is 0.500. The first-order chi connectivity index (χ1) is 8.18. The number of aliphatic hydroxyl groups excluding tert-OH is 1. The minimum Gasteiger partial charge on any atom is -0.390 e. The minimum absolute atomic E-state index is 0.0175. The number of hydrogen-bond acceptors (Lipinski definition) is 4. The van der Waals surface area contributed by atoms with Crippen molar-refractivity contribution in [3.05, 3.63) is 30.1 Å². The van der Waals surface area contributed by atoms with Crippen LogP contribution in [0, 0.1) is 0 Å². The number of pyridine rings is 1. The SMILES string of the molecule is CN(C(=O)Cc1ccncc1)[C@@H]1CNC[C@H]1O. The second-order valence-electron chi connectivity index (χ2n) is 4.33. The molecule has 2 heterocycles. The average molecular weight is 235 g/mol. The van der Waals surface area contributed by atoms with E-state index in [0.29, 0.717) is 19.5 Å². The molecule has 5 heteroatoms. The number of nitrogens with one attached hydrogen (secondary N) is 1. The summed E-state index contributed by atoms with van der Waals surface area (Å²) in [6.45, 7) is 1.21. The van der Waals surface area contributed by atoms with E-state index >= 15 is 0 Å². The van der Waals surface area contributed by atoms with Gasteiger partial charge in [-0.25, -0.2) is 0 Å². The van der Waals surface area contributed by atoms with E-state index in [1.165, 1.54) is 0 Å². The summed E-state index contributed by atoms with van der Waals surface area (Å²) < 4.78 is 0. The van der Waals surface area contributed by atoms with Gasteiger partial charge in [-0.05, 0) is 17.7 Å². The summed E-state index contributed by atoms with van der Waals surface area (Å²) in [5.41, 5.74) is 0.942. The fourth-order valence-corrected chi connectivity index (χ4v) is 2.03. The monoisotopic (exact) mass is 235 g/mol. The van der Waals surface area contributed by atoms with Crippen LogP contribution in [0.5, 0.6) is 0 Å². The molecule has 2 atom stereocenters. The summed E-state index contributed by atoms with van der Waals surface area (Å²) in [6.07, 6.45) is 3.23. The van der Waals surface area contributed by atoms with E-state index in [0.717, 1.165) is 5.56 Å². The number of likely N-dealkylation sites (N-methyl/N-ethyl adjacent to an activating group) is 1. The van der Waals surface area contributed by atoms with Gasteiger partial charge in [0.2, 0.25) is 5.91 Å². The molecule has 0 saturated carbocycles. The molecule has 1 saturated heterocycles. The van der Waals surface area contributed by atoms with E-state index in [1.54, 1.807) is 24.3 Å². The number of carbonyl (C=O) groups is 1. The van der Waals surface area contributed by atoms with Crippen LogP contribution >= 0.6 is 0 Å². The zero-order chi connectivity index (χ0) is 12.3. The van der Waals surface area contributed by atoms with Crippen LogP contribution in [-0.4, -0.2) is 53.2 Å². The number of aromatic nitrogens is 1. The third-order valence-corrected chi connectivity index (χ3v) is 3.15. The molecule has 0 bridgehead atoms. The maximum absolute atomic E-state index is 12.0. The highest BCUT2D eigenvalue weighted by atomic mass is 16.3. The highest BCUT2D eigenvalue weighted by Gasteiger charge is 2.30. The van der Waals surface area contributed by atoms with Gasteiger partial charge in [0.15, 0.2) is 0 Å². The molecular formula is C12H17N3O2. The van der Waals surface area contributed by atoms with Crippen LogP contribution in [0.1, 0.15) is 5.56 Å². The summed E-state index contributed by atoms with van der Waals surface area (Å²) in [5, 5.41) is 12.8. The zero-order valence-corrected chi connectivity index (χ0v) is 9.84. The third-order valence-electron chi connectivity index (χ3n) is 3.15. The van der Waals surface area contributed by atoms with Crippen LogP contribution in [-0.2, 0) is 11.2 Å². The molecule has 0 radical (unpaired) electrons. The lowest BCUT2D eigenvalue weighted by Gasteiger charge is -2.26. The van der Waals surface area contributed by atoms with E-state index in [9.17, 15) is 9.90 Å². The number of aliphatic hydroxyl groups is 1.